The average molecular weight is 660 g/mol. The van der Waals surface area contributed by atoms with Crippen LogP contribution in [0.25, 0.3) is 0 Å². The summed E-state index contributed by atoms with van der Waals surface area (Å²) in [5.41, 5.74) is 1.18. The summed E-state index contributed by atoms with van der Waals surface area (Å²) >= 11 is 24.3. The van der Waals surface area contributed by atoms with Gasteiger partial charge < -0.3 is 4.74 Å². The summed E-state index contributed by atoms with van der Waals surface area (Å²) in [6.45, 7) is 1.24. The number of allylic oxidation sites excluding steroid dienone is 2. The van der Waals surface area contributed by atoms with E-state index in [1.807, 2.05) is 13.0 Å². The number of benzene rings is 3. The molecule has 0 bridgehead atoms. The third kappa shape index (κ3) is 6.33. The van der Waals surface area contributed by atoms with Gasteiger partial charge in [0, 0.05) is 15.6 Å². The van der Waals surface area contributed by atoms with Crippen LogP contribution in [0.1, 0.15) is 50.8 Å². The van der Waals surface area contributed by atoms with Gasteiger partial charge in [0.25, 0.3) is 17.7 Å². The summed E-state index contributed by atoms with van der Waals surface area (Å²) in [5, 5.41) is 2.37. The monoisotopic (exact) mass is 658 g/mol. The number of ether oxygens (including phenoxy) is 1. The van der Waals surface area contributed by atoms with Crippen molar-refractivity contribution in [1.82, 2.24) is 10.0 Å². The van der Waals surface area contributed by atoms with Crippen LogP contribution in [0.3, 0.4) is 0 Å². The number of hydrogen-bond acceptors (Lipinski definition) is 6. The molecule has 3 aromatic rings. The zero-order valence-corrected chi connectivity index (χ0v) is 25.5. The average Bonchev–Trinajstić information content (AvgIpc) is 3.20. The molecule has 2 atom stereocenters. The second-order valence-electron chi connectivity index (χ2n) is 10.1. The van der Waals surface area contributed by atoms with Gasteiger partial charge in [0.05, 0.1) is 33.0 Å². The van der Waals surface area contributed by atoms with E-state index in [0.717, 1.165) is 15.6 Å². The van der Waals surface area contributed by atoms with Crippen LogP contribution in [-0.4, -0.2) is 46.0 Å². The van der Waals surface area contributed by atoms with Crippen molar-refractivity contribution in [1.29, 1.82) is 0 Å². The lowest BCUT2D eigenvalue weighted by Crippen LogP contribution is -2.52. The largest absolute Gasteiger partial charge is 0.423 e. The number of amides is 3. The molecule has 0 saturated carbocycles. The first-order valence-corrected chi connectivity index (χ1v) is 14.6. The Labute approximate surface area is 266 Å². The fourth-order valence-corrected chi connectivity index (χ4v) is 6.02. The molecule has 220 valence electrons. The molecule has 1 aliphatic carbocycles. The van der Waals surface area contributed by atoms with E-state index in [2.05, 4.69) is 0 Å². The minimum absolute atomic E-state index is 0.00377. The van der Waals surface area contributed by atoms with Crippen LogP contribution >= 0.6 is 46.4 Å². The Kier molecular flexibility index (Phi) is 8.94. The third-order valence-electron chi connectivity index (χ3n) is 7.27. The Morgan fingerprint density at radius 2 is 1.42 bits per heavy atom. The van der Waals surface area contributed by atoms with Crippen LogP contribution in [0.5, 0.6) is 5.75 Å². The highest BCUT2D eigenvalue weighted by Crippen LogP contribution is 2.39. The number of ketones is 1. The molecule has 1 saturated heterocycles. The first-order valence-electron chi connectivity index (χ1n) is 13.1. The van der Waals surface area contributed by atoms with Crippen molar-refractivity contribution in [2.75, 3.05) is 6.54 Å². The predicted octanol–water partition coefficient (Wildman–Crippen LogP) is 7.10. The molecular weight excluding hydrogens is 638 g/mol. The van der Waals surface area contributed by atoms with Crippen LogP contribution in [0.2, 0.25) is 20.1 Å². The lowest BCUT2D eigenvalue weighted by Gasteiger charge is -2.30. The maximum atomic E-state index is 13.8. The van der Waals surface area contributed by atoms with Crippen LogP contribution in [0, 0.1) is 11.8 Å². The maximum Gasteiger partial charge on any atom is 0.345 e. The molecule has 2 aliphatic rings. The molecule has 8 nitrogen and oxygen atoms in total. The van der Waals surface area contributed by atoms with Crippen LogP contribution in [-0.2, 0) is 9.59 Å². The topological polar surface area (TPSA) is 101 Å². The number of halogens is 4. The molecule has 1 aliphatic heterocycles. The highest BCUT2D eigenvalue weighted by atomic mass is 35.5. The van der Waals surface area contributed by atoms with Gasteiger partial charge in [-0.15, -0.1) is 0 Å². The number of imide groups is 1. The van der Waals surface area contributed by atoms with E-state index in [-0.39, 0.29) is 37.5 Å². The number of fused-ring (bicyclic) bond motifs is 1. The number of nitrogens with zero attached hydrogens (tertiary/aromatic N) is 2. The van der Waals surface area contributed by atoms with Gasteiger partial charge in [0.1, 0.15) is 12.3 Å². The molecule has 43 heavy (non-hydrogen) atoms. The fraction of sp³-hybridized carbons (Fsp3) is 0.194. The Balaban J connectivity index is 1.39. The number of esters is 1. The van der Waals surface area contributed by atoms with Gasteiger partial charge in [-0.05, 0) is 80.4 Å². The van der Waals surface area contributed by atoms with Gasteiger partial charge in [0.2, 0.25) is 0 Å². The van der Waals surface area contributed by atoms with Crippen LogP contribution < -0.4 is 4.74 Å². The molecule has 3 amide bonds. The zero-order valence-electron chi connectivity index (χ0n) is 22.5. The Morgan fingerprint density at radius 1 is 0.837 bits per heavy atom. The Bertz CT molecular complexity index is 1700. The van der Waals surface area contributed by atoms with Gasteiger partial charge in [-0.1, -0.05) is 58.1 Å². The number of hydrazine groups is 1. The van der Waals surface area contributed by atoms with Crippen molar-refractivity contribution in [2.24, 2.45) is 11.8 Å². The Hall–Kier alpha value is -3.69. The SMILES string of the molecule is CC1=CC[C@@H]2C(=O)N(N(CC(=O)c3ccc(OC(=O)c4ccc(Cl)cc4Cl)cc3)C(=O)c3ccc(Cl)cc3Cl)C(=O)[C@@H]2C1. The van der Waals surface area contributed by atoms with Crippen molar-refractivity contribution in [2.45, 2.75) is 19.8 Å². The molecule has 12 heteroatoms. The molecule has 0 spiro atoms. The van der Waals surface area contributed by atoms with Gasteiger partial charge in [-0.3, -0.25) is 19.2 Å². The normalized spacial score (nSPS) is 17.8. The predicted molar refractivity (Wildman–Crippen MR) is 162 cm³/mol. The van der Waals surface area contributed by atoms with E-state index >= 15 is 0 Å². The van der Waals surface area contributed by atoms with Gasteiger partial charge in [-0.25, -0.2) is 9.80 Å². The summed E-state index contributed by atoms with van der Waals surface area (Å²) in [6.07, 6.45) is 2.64. The Morgan fingerprint density at radius 3 is 2.02 bits per heavy atom. The van der Waals surface area contributed by atoms with Crippen molar-refractivity contribution < 1.29 is 28.7 Å². The lowest BCUT2D eigenvalue weighted by molar-refractivity contribution is -0.154. The molecule has 1 fully saturated rings. The minimum Gasteiger partial charge on any atom is -0.423 e. The molecular formula is C31H22Cl4N2O6. The summed E-state index contributed by atoms with van der Waals surface area (Å²) in [4.78, 5) is 66.7. The van der Waals surface area contributed by atoms with E-state index in [1.54, 1.807) is 0 Å². The number of carbonyl (C=O) groups excluding carboxylic acids is 5. The molecule has 0 N–H and O–H groups in total. The summed E-state index contributed by atoms with van der Waals surface area (Å²) in [6, 6.07) is 14.1. The van der Waals surface area contributed by atoms with Gasteiger partial charge >= 0.3 is 5.97 Å². The van der Waals surface area contributed by atoms with Crippen molar-refractivity contribution in [3.8, 4) is 5.75 Å². The van der Waals surface area contributed by atoms with E-state index in [9.17, 15) is 24.0 Å². The highest BCUT2D eigenvalue weighted by molar-refractivity contribution is 6.37. The number of carbonyl (C=O) groups is 5. The molecule has 5 rings (SSSR count). The second-order valence-corrected chi connectivity index (χ2v) is 11.8. The van der Waals surface area contributed by atoms with E-state index < -0.39 is 47.9 Å². The number of rotatable bonds is 7. The molecule has 0 aromatic heterocycles. The fourth-order valence-electron chi connectivity index (χ4n) is 5.05. The number of Topliss-reactive ketones (excluding diaryl/α,β-unsaturated/α-hetero) is 1. The van der Waals surface area contributed by atoms with Crippen LogP contribution in [0.15, 0.2) is 72.3 Å². The second kappa shape index (κ2) is 12.5. The lowest BCUT2D eigenvalue weighted by atomic mass is 9.82. The van der Waals surface area contributed by atoms with Gasteiger partial charge in [0.15, 0.2) is 5.78 Å². The standard InChI is InChI=1S/C31H22Cl4N2O6/c1-16-2-9-21-24(12-16)30(41)37(29(21)40)36(28(39)22-10-5-18(32)13-25(22)34)15-27(38)17-3-7-20(8-4-17)43-31(42)23-11-6-19(33)14-26(23)35/h2-8,10-11,13-14,21,24H,9,12,15H2,1H3/t21-,24+/m0/s1. The van der Waals surface area contributed by atoms with Crippen LogP contribution in [0.4, 0.5) is 0 Å². The highest BCUT2D eigenvalue weighted by Gasteiger charge is 2.52. The first kappa shape index (κ1) is 30.8. The van der Waals surface area contributed by atoms with Crippen molar-refractivity contribution in [3.63, 3.8) is 0 Å². The summed E-state index contributed by atoms with van der Waals surface area (Å²) in [5.74, 6) is -4.38. The molecule has 3 aromatic carbocycles. The quantitative estimate of drug-likeness (QED) is 0.0882. The van der Waals surface area contributed by atoms with Crippen molar-refractivity contribution in [3.05, 3.63) is 109 Å². The summed E-state index contributed by atoms with van der Waals surface area (Å²) < 4.78 is 5.36. The molecule has 0 unspecified atom stereocenters. The summed E-state index contributed by atoms with van der Waals surface area (Å²) in [7, 11) is 0. The maximum absolute atomic E-state index is 13.8. The number of hydrogen-bond donors (Lipinski definition) is 0. The molecule has 1 heterocycles. The van der Waals surface area contributed by atoms with E-state index in [0.29, 0.717) is 17.9 Å². The molecule has 0 radical (unpaired) electrons. The van der Waals surface area contributed by atoms with Crippen molar-refractivity contribution >= 4 is 75.9 Å². The van der Waals surface area contributed by atoms with Gasteiger partial charge in [-0.2, -0.15) is 5.01 Å². The minimum atomic E-state index is -0.814. The first-order chi connectivity index (χ1) is 20.4. The zero-order chi connectivity index (χ0) is 31.0. The van der Waals surface area contributed by atoms with E-state index in [1.165, 1.54) is 60.7 Å². The van der Waals surface area contributed by atoms with E-state index in [4.69, 9.17) is 51.1 Å². The third-order valence-corrected chi connectivity index (χ3v) is 8.36. The smallest absolute Gasteiger partial charge is 0.345 e.